The van der Waals surface area contributed by atoms with Gasteiger partial charge in [0.15, 0.2) is 0 Å². The molecule has 5 nitrogen and oxygen atoms in total. The summed E-state index contributed by atoms with van der Waals surface area (Å²) in [4.78, 5) is 21.9. The van der Waals surface area contributed by atoms with Gasteiger partial charge in [0.2, 0.25) is 6.10 Å². The molecule has 6 heteroatoms. The minimum Gasteiger partial charge on any atom is -0.497 e. The Morgan fingerprint density at radius 1 is 1.35 bits per heavy atom. The zero-order valence-electron chi connectivity index (χ0n) is 9.05. The number of benzene rings is 1. The summed E-state index contributed by atoms with van der Waals surface area (Å²) in [6, 6.07) is 6.19. The van der Waals surface area contributed by atoms with E-state index in [0.29, 0.717) is 11.3 Å². The first kappa shape index (κ1) is 13.3. The number of hydrogen-bond acceptors (Lipinski definition) is 4. The molecule has 1 aromatic rings. The van der Waals surface area contributed by atoms with Crippen molar-refractivity contribution in [3.05, 3.63) is 29.8 Å². The fourth-order valence-corrected chi connectivity index (χ4v) is 1.27. The molecule has 0 aromatic heterocycles. The molecule has 0 unspecified atom stereocenters. The van der Waals surface area contributed by atoms with Crippen LogP contribution in [-0.4, -0.2) is 30.0 Å². The van der Waals surface area contributed by atoms with Crippen LogP contribution in [0.25, 0.3) is 0 Å². The predicted octanol–water partition coefficient (Wildman–Crippen LogP) is 1.60. The van der Waals surface area contributed by atoms with Gasteiger partial charge in [-0.1, -0.05) is 12.1 Å². The third-order valence-electron chi connectivity index (χ3n) is 2.00. The smallest absolute Gasteiger partial charge is 0.349 e. The second-order valence-electron chi connectivity index (χ2n) is 3.11. The van der Waals surface area contributed by atoms with Crippen LogP contribution in [0.15, 0.2) is 24.3 Å². The van der Waals surface area contributed by atoms with Crippen molar-refractivity contribution in [2.75, 3.05) is 13.0 Å². The van der Waals surface area contributed by atoms with E-state index in [-0.39, 0.29) is 5.88 Å². The summed E-state index contributed by atoms with van der Waals surface area (Å²) in [6.45, 7) is 0. The fraction of sp³-hybridized carbons (Fsp3) is 0.273. The molecule has 0 saturated heterocycles. The molecule has 92 valence electrons. The maximum atomic E-state index is 11.0. The molecule has 1 N–H and O–H groups in total. The van der Waals surface area contributed by atoms with Crippen LogP contribution >= 0.6 is 11.6 Å². The van der Waals surface area contributed by atoms with Crippen molar-refractivity contribution in [3.63, 3.8) is 0 Å². The molecule has 0 aliphatic carbocycles. The van der Waals surface area contributed by atoms with Crippen LogP contribution in [0.1, 0.15) is 11.7 Å². The number of carboxylic acids is 1. The maximum absolute atomic E-state index is 11.0. The molecule has 1 rings (SSSR count). The van der Waals surface area contributed by atoms with Gasteiger partial charge in [-0.05, 0) is 12.1 Å². The number of aliphatic carboxylic acids is 1. The van der Waals surface area contributed by atoms with Gasteiger partial charge in [0, 0.05) is 5.56 Å². The summed E-state index contributed by atoms with van der Waals surface area (Å²) in [5.41, 5.74) is 0.344. The molecule has 0 heterocycles. The summed E-state index contributed by atoms with van der Waals surface area (Å²) in [6.07, 6.45) is -1.35. The number of carbonyl (C=O) groups excluding carboxylic acids is 1. The Hall–Kier alpha value is -1.75. The zero-order chi connectivity index (χ0) is 12.8. The van der Waals surface area contributed by atoms with Crippen molar-refractivity contribution in [1.82, 2.24) is 0 Å². The largest absolute Gasteiger partial charge is 0.497 e. The van der Waals surface area contributed by atoms with Crippen molar-refractivity contribution >= 4 is 23.5 Å². The lowest BCUT2D eigenvalue weighted by Gasteiger charge is -2.13. The van der Waals surface area contributed by atoms with Gasteiger partial charge < -0.3 is 14.6 Å². The van der Waals surface area contributed by atoms with Gasteiger partial charge in [0.05, 0.1) is 7.11 Å². The predicted molar refractivity (Wildman–Crippen MR) is 60.2 cm³/mol. The first-order valence-electron chi connectivity index (χ1n) is 4.70. The van der Waals surface area contributed by atoms with Crippen LogP contribution in [-0.2, 0) is 14.3 Å². The minimum atomic E-state index is -1.35. The van der Waals surface area contributed by atoms with Gasteiger partial charge in [0.25, 0.3) is 0 Å². The van der Waals surface area contributed by atoms with E-state index in [4.69, 9.17) is 26.2 Å². The highest BCUT2D eigenvalue weighted by atomic mass is 35.5. The molecule has 0 spiro atoms. The van der Waals surface area contributed by atoms with Crippen molar-refractivity contribution in [1.29, 1.82) is 0 Å². The zero-order valence-corrected chi connectivity index (χ0v) is 9.81. The molecule has 0 radical (unpaired) electrons. The van der Waals surface area contributed by atoms with Gasteiger partial charge in [-0.25, -0.2) is 4.79 Å². The number of alkyl halides is 1. The molecule has 0 amide bonds. The number of carboxylic acid groups (broad SMARTS) is 1. The Balaban J connectivity index is 2.89. The molecule has 1 atom stereocenters. The monoisotopic (exact) mass is 258 g/mol. The number of hydrogen-bond donors (Lipinski definition) is 1. The summed E-state index contributed by atoms with van der Waals surface area (Å²) in [7, 11) is 1.50. The number of rotatable bonds is 5. The summed E-state index contributed by atoms with van der Waals surface area (Å²) < 4.78 is 9.64. The molecule has 0 saturated carbocycles. The van der Waals surface area contributed by atoms with Gasteiger partial charge >= 0.3 is 11.9 Å². The standard InChI is InChI=1S/C11H11ClO5/c1-16-8-4-2-7(3-5-8)10(11(14)15)17-9(13)6-12/h2-5,10H,6H2,1H3,(H,14,15)/t10-/m1/s1. The van der Waals surface area contributed by atoms with E-state index in [0.717, 1.165) is 0 Å². The molecular formula is C11H11ClO5. The van der Waals surface area contributed by atoms with Crippen LogP contribution in [0.5, 0.6) is 5.75 Å². The maximum Gasteiger partial charge on any atom is 0.349 e. The number of methoxy groups -OCH3 is 1. The van der Waals surface area contributed by atoms with Gasteiger partial charge in [-0.2, -0.15) is 0 Å². The van der Waals surface area contributed by atoms with E-state index in [1.54, 1.807) is 12.1 Å². The average Bonchev–Trinajstić information content (AvgIpc) is 2.35. The van der Waals surface area contributed by atoms with Gasteiger partial charge in [0.1, 0.15) is 11.6 Å². The second kappa shape index (κ2) is 6.10. The third-order valence-corrected chi connectivity index (χ3v) is 2.22. The van der Waals surface area contributed by atoms with E-state index in [9.17, 15) is 9.59 Å². The first-order chi connectivity index (χ1) is 8.08. The number of esters is 1. The highest BCUT2D eigenvalue weighted by molar-refractivity contribution is 6.26. The number of ether oxygens (including phenoxy) is 2. The lowest BCUT2D eigenvalue weighted by atomic mass is 10.1. The highest BCUT2D eigenvalue weighted by Crippen LogP contribution is 2.21. The van der Waals surface area contributed by atoms with Crippen LogP contribution in [0.3, 0.4) is 0 Å². The Morgan fingerprint density at radius 2 is 1.94 bits per heavy atom. The van der Waals surface area contributed by atoms with Crippen molar-refractivity contribution in [2.45, 2.75) is 6.10 Å². The molecule has 0 bridgehead atoms. The topological polar surface area (TPSA) is 72.8 Å². The van der Waals surface area contributed by atoms with Gasteiger partial charge in [-0.3, -0.25) is 4.79 Å². The Bertz CT molecular complexity index is 401. The molecular weight excluding hydrogens is 248 g/mol. The minimum absolute atomic E-state index is 0.344. The van der Waals surface area contributed by atoms with Crippen LogP contribution in [0.2, 0.25) is 0 Å². The molecule has 17 heavy (non-hydrogen) atoms. The number of carbonyl (C=O) groups is 2. The summed E-state index contributed by atoms with van der Waals surface area (Å²) in [5.74, 6) is -1.84. The molecule has 0 aliphatic heterocycles. The first-order valence-corrected chi connectivity index (χ1v) is 5.24. The van der Waals surface area contributed by atoms with Crippen molar-refractivity contribution in [2.24, 2.45) is 0 Å². The Morgan fingerprint density at radius 3 is 2.35 bits per heavy atom. The van der Waals surface area contributed by atoms with E-state index in [2.05, 4.69) is 0 Å². The van der Waals surface area contributed by atoms with Crippen LogP contribution in [0.4, 0.5) is 0 Å². The van der Waals surface area contributed by atoms with Crippen LogP contribution in [0, 0.1) is 0 Å². The Labute approximate surface area is 103 Å². The molecule has 0 fully saturated rings. The van der Waals surface area contributed by atoms with Gasteiger partial charge in [-0.15, -0.1) is 11.6 Å². The van der Waals surface area contributed by atoms with E-state index < -0.39 is 18.0 Å². The number of halogens is 1. The molecule has 1 aromatic carbocycles. The van der Waals surface area contributed by atoms with Crippen molar-refractivity contribution in [3.8, 4) is 5.75 Å². The van der Waals surface area contributed by atoms with E-state index >= 15 is 0 Å². The third kappa shape index (κ3) is 3.64. The second-order valence-corrected chi connectivity index (χ2v) is 3.38. The summed E-state index contributed by atoms with van der Waals surface area (Å²) in [5, 5.41) is 8.95. The molecule has 0 aliphatic rings. The average molecular weight is 259 g/mol. The quantitative estimate of drug-likeness (QED) is 0.642. The summed E-state index contributed by atoms with van der Waals surface area (Å²) >= 11 is 5.25. The SMILES string of the molecule is COc1ccc([C@@H](OC(=O)CCl)C(=O)O)cc1. The highest BCUT2D eigenvalue weighted by Gasteiger charge is 2.23. The van der Waals surface area contributed by atoms with E-state index in [1.165, 1.54) is 19.2 Å². The lowest BCUT2D eigenvalue weighted by molar-refractivity contribution is -0.162. The van der Waals surface area contributed by atoms with Crippen LogP contribution < -0.4 is 4.74 Å². The lowest BCUT2D eigenvalue weighted by Crippen LogP contribution is -2.20. The Kier molecular flexibility index (Phi) is 4.78. The fourth-order valence-electron chi connectivity index (χ4n) is 1.20. The van der Waals surface area contributed by atoms with E-state index in [1.807, 2.05) is 0 Å². The normalized spacial score (nSPS) is 11.6. The van der Waals surface area contributed by atoms with Crippen molar-refractivity contribution < 1.29 is 24.2 Å².